The van der Waals surface area contributed by atoms with E-state index in [1.165, 1.54) is 5.56 Å². The average Bonchev–Trinajstić information content (AvgIpc) is 3.20. The van der Waals surface area contributed by atoms with Crippen LogP contribution in [0.5, 0.6) is 0 Å². The first-order valence-corrected chi connectivity index (χ1v) is 8.46. The molecule has 0 fully saturated rings. The van der Waals surface area contributed by atoms with Gasteiger partial charge in [-0.15, -0.1) is 11.3 Å². The summed E-state index contributed by atoms with van der Waals surface area (Å²) in [5.74, 6) is -0.142. The highest BCUT2D eigenvalue weighted by Gasteiger charge is 2.14. The summed E-state index contributed by atoms with van der Waals surface area (Å²) in [5.41, 5.74) is 2.55. The van der Waals surface area contributed by atoms with E-state index in [1.807, 2.05) is 29.8 Å². The number of aromatic amines is 1. The van der Waals surface area contributed by atoms with Gasteiger partial charge in [-0.25, -0.2) is 0 Å². The summed E-state index contributed by atoms with van der Waals surface area (Å²) >= 11 is 3.29. The van der Waals surface area contributed by atoms with Crippen LogP contribution in [0.25, 0.3) is 10.6 Å². The van der Waals surface area contributed by atoms with Crippen molar-refractivity contribution in [3.8, 4) is 10.6 Å². The third-order valence-corrected chi connectivity index (χ3v) is 4.73. The predicted octanol–water partition coefficient (Wildman–Crippen LogP) is 3.56. The van der Waals surface area contributed by atoms with E-state index in [0.717, 1.165) is 17.0 Å². The normalized spacial score (nSPS) is 12.2. The fraction of sp³-hybridized carbons (Fsp3) is 0.200. The van der Waals surface area contributed by atoms with Crippen LogP contribution in [-0.4, -0.2) is 22.1 Å². The molecular formula is C15H15N3OS2. The zero-order chi connectivity index (χ0) is 14.7. The Kier molecular flexibility index (Phi) is 4.17. The number of aromatic nitrogens is 2. The molecule has 0 aliphatic rings. The number of carbonyl (C=O) groups is 1. The highest BCUT2D eigenvalue weighted by molar-refractivity contribution is 7.13. The first kappa shape index (κ1) is 14.0. The van der Waals surface area contributed by atoms with E-state index in [-0.39, 0.29) is 11.9 Å². The lowest BCUT2D eigenvalue weighted by atomic mass is 10.1. The molecule has 3 aromatic rings. The maximum Gasteiger partial charge on any atom is 0.272 e. The van der Waals surface area contributed by atoms with Gasteiger partial charge in [0.1, 0.15) is 0 Å². The van der Waals surface area contributed by atoms with Crippen LogP contribution in [-0.2, 0) is 6.42 Å². The number of nitrogens with one attached hydrogen (secondary N) is 2. The van der Waals surface area contributed by atoms with E-state index in [4.69, 9.17) is 0 Å². The summed E-state index contributed by atoms with van der Waals surface area (Å²) in [6.07, 6.45) is 0.831. The maximum atomic E-state index is 12.2. The van der Waals surface area contributed by atoms with Gasteiger partial charge in [0.2, 0.25) is 0 Å². The van der Waals surface area contributed by atoms with Crippen molar-refractivity contribution in [2.75, 3.05) is 0 Å². The largest absolute Gasteiger partial charge is 0.348 e. The number of rotatable bonds is 5. The molecule has 108 valence electrons. The van der Waals surface area contributed by atoms with E-state index in [0.29, 0.717) is 5.69 Å². The number of nitrogens with zero attached hydrogens (tertiary/aromatic N) is 1. The Morgan fingerprint density at radius 3 is 3.05 bits per heavy atom. The minimum absolute atomic E-state index is 0.0778. The lowest BCUT2D eigenvalue weighted by Crippen LogP contribution is -2.34. The maximum absolute atomic E-state index is 12.2. The van der Waals surface area contributed by atoms with E-state index < -0.39 is 0 Å². The molecule has 2 N–H and O–H groups in total. The molecule has 1 amide bonds. The standard InChI is InChI=1S/C15H15N3OS2/c1-10(7-11-4-6-20-9-11)16-15(19)13-8-12(17-18-13)14-3-2-5-21-14/h2-6,8-10H,7H2,1H3,(H,16,19)(H,17,18). The van der Waals surface area contributed by atoms with Gasteiger partial charge in [0.25, 0.3) is 5.91 Å². The Morgan fingerprint density at radius 1 is 1.43 bits per heavy atom. The van der Waals surface area contributed by atoms with Gasteiger partial charge < -0.3 is 5.32 Å². The van der Waals surface area contributed by atoms with Crippen molar-refractivity contribution < 1.29 is 4.79 Å². The Morgan fingerprint density at radius 2 is 2.33 bits per heavy atom. The molecule has 4 nitrogen and oxygen atoms in total. The average molecular weight is 317 g/mol. The second-order valence-electron chi connectivity index (χ2n) is 4.85. The Balaban J connectivity index is 1.63. The predicted molar refractivity (Wildman–Crippen MR) is 86.9 cm³/mol. The Bertz CT molecular complexity index is 701. The van der Waals surface area contributed by atoms with Gasteiger partial charge in [-0.2, -0.15) is 16.4 Å². The topological polar surface area (TPSA) is 57.8 Å². The van der Waals surface area contributed by atoms with Crippen molar-refractivity contribution in [1.29, 1.82) is 0 Å². The van der Waals surface area contributed by atoms with Crippen LogP contribution in [0.3, 0.4) is 0 Å². The quantitative estimate of drug-likeness (QED) is 0.756. The molecule has 0 saturated heterocycles. The Hall–Kier alpha value is -1.92. The molecule has 3 heterocycles. The summed E-state index contributed by atoms with van der Waals surface area (Å²) in [6.45, 7) is 2.00. The first-order valence-electron chi connectivity index (χ1n) is 6.63. The molecule has 1 unspecified atom stereocenters. The summed E-state index contributed by atoms with van der Waals surface area (Å²) in [4.78, 5) is 13.3. The van der Waals surface area contributed by atoms with Crippen LogP contribution >= 0.6 is 22.7 Å². The second-order valence-corrected chi connectivity index (χ2v) is 6.58. The lowest BCUT2D eigenvalue weighted by Gasteiger charge is -2.11. The van der Waals surface area contributed by atoms with E-state index >= 15 is 0 Å². The number of thiophene rings is 2. The number of carbonyl (C=O) groups excluding carboxylic acids is 1. The van der Waals surface area contributed by atoms with E-state index in [1.54, 1.807) is 28.7 Å². The molecular weight excluding hydrogens is 302 g/mol. The highest BCUT2D eigenvalue weighted by atomic mass is 32.1. The fourth-order valence-electron chi connectivity index (χ4n) is 2.11. The fourth-order valence-corrected chi connectivity index (χ4v) is 3.48. The smallest absolute Gasteiger partial charge is 0.272 e. The molecule has 1 atom stereocenters. The molecule has 0 radical (unpaired) electrons. The molecule has 0 spiro atoms. The molecule has 6 heteroatoms. The molecule has 0 bridgehead atoms. The second kappa shape index (κ2) is 6.24. The van der Waals surface area contributed by atoms with Crippen LogP contribution in [0.1, 0.15) is 23.0 Å². The van der Waals surface area contributed by atoms with Crippen LogP contribution < -0.4 is 5.32 Å². The lowest BCUT2D eigenvalue weighted by molar-refractivity contribution is 0.0935. The summed E-state index contributed by atoms with van der Waals surface area (Å²) in [7, 11) is 0. The van der Waals surface area contributed by atoms with Crippen LogP contribution in [0.4, 0.5) is 0 Å². The van der Waals surface area contributed by atoms with Crippen molar-refractivity contribution >= 4 is 28.6 Å². The van der Waals surface area contributed by atoms with Gasteiger partial charge >= 0.3 is 0 Å². The van der Waals surface area contributed by atoms with E-state index in [9.17, 15) is 4.79 Å². The van der Waals surface area contributed by atoms with Gasteiger partial charge in [-0.3, -0.25) is 9.89 Å². The van der Waals surface area contributed by atoms with Crippen molar-refractivity contribution in [1.82, 2.24) is 15.5 Å². The monoisotopic (exact) mass is 317 g/mol. The van der Waals surface area contributed by atoms with Crippen LogP contribution in [0.2, 0.25) is 0 Å². The van der Waals surface area contributed by atoms with Crippen LogP contribution in [0.15, 0.2) is 40.4 Å². The van der Waals surface area contributed by atoms with Gasteiger partial charge in [-0.05, 0) is 53.2 Å². The number of H-pyrrole nitrogens is 1. The third kappa shape index (κ3) is 3.40. The summed E-state index contributed by atoms with van der Waals surface area (Å²) in [6, 6.07) is 7.92. The Labute approximate surface area is 130 Å². The first-order chi connectivity index (χ1) is 10.2. The molecule has 3 rings (SSSR count). The van der Waals surface area contributed by atoms with Crippen molar-refractivity contribution in [2.45, 2.75) is 19.4 Å². The summed E-state index contributed by atoms with van der Waals surface area (Å²) in [5, 5.41) is 16.1. The van der Waals surface area contributed by atoms with Crippen molar-refractivity contribution in [3.63, 3.8) is 0 Å². The number of hydrogen-bond acceptors (Lipinski definition) is 4. The van der Waals surface area contributed by atoms with Gasteiger partial charge in [0.15, 0.2) is 5.69 Å². The zero-order valence-electron chi connectivity index (χ0n) is 11.5. The minimum atomic E-state index is -0.142. The number of hydrogen-bond donors (Lipinski definition) is 2. The van der Waals surface area contributed by atoms with Crippen molar-refractivity contribution in [2.24, 2.45) is 0 Å². The molecule has 0 aliphatic carbocycles. The third-order valence-electron chi connectivity index (χ3n) is 3.10. The SMILES string of the molecule is CC(Cc1ccsc1)NC(=O)c1cc(-c2cccs2)[nH]n1. The van der Waals surface area contributed by atoms with Gasteiger partial charge in [-0.1, -0.05) is 6.07 Å². The van der Waals surface area contributed by atoms with E-state index in [2.05, 4.69) is 27.0 Å². The molecule has 0 aliphatic heterocycles. The van der Waals surface area contributed by atoms with Crippen molar-refractivity contribution in [3.05, 3.63) is 51.7 Å². The molecule has 0 saturated carbocycles. The van der Waals surface area contributed by atoms with Crippen LogP contribution in [0, 0.1) is 0 Å². The molecule has 21 heavy (non-hydrogen) atoms. The highest BCUT2D eigenvalue weighted by Crippen LogP contribution is 2.22. The minimum Gasteiger partial charge on any atom is -0.348 e. The van der Waals surface area contributed by atoms with Gasteiger partial charge in [0, 0.05) is 6.04 Å². The molecule has 3 aromatic heterocycles. The zero-order valence-corrected chi connectivity index (χ0v) is 13.1. The molecule has 0 aromatic carbocycles. The van der Waals surface area contributed by atoms with Gasteiger partial charge in [0.05, 0.1) is 10.6 Å². The number of amides is 1. The summed E-state index contributed by atoms with van der Waals surface area (Å²) < 4.78 is 0.